The SMILES string of the molecule is CCc1nn(C)cc1C(=O)NC(CCO)C1CCCCC1. The van der Waals surface area contributed by atoms with Crippen LogP contribution in [0, 0.1) is 5.92 Å². The van der Waals surface area contributed by atoms with Crippen LogP contribution in [0.1, 0.15) is 61.5 Å². The number of aliphatic hydroxyl groups is 1. The van der Waals surface area contributed by atoms with Gasteiger partial charge in [0.05, 0.1) is 11.3 Å². The molecule has 1 atom stereocenters. The molecule has 2 N–H and O–H groups in total. The molecule has 1 amide bonds. The molecule has 5 nitrogen and oxygen atoms in total. The molecular formula is C16H27N3O2. The van der Waals surface area contributed by atoms with E-state index < -0.39 is 0 Å². The molecule has 1 saturated carbocycles. The Morgan fingerprint density at radius 3 is 2.81 bits per heavy atom. The van der Waals surface area contributed by atoms with E-state index in [1.807, 2.05) is 14.0 Å². The number of nitrogens with one attached hydrogen (secondary N) is 1. The van der Waals surface area contributed by atoms with Crippen molar-refractivity contribution >= 4 is 5.91 Å². The minimum absolute atomic E-state index is 0.0519. The van der Waals surface area contributed by atoms with Crippen molar-refractivity contribution in [1.29, 1.82) is 0 Å². The minimum Gasteiger partial charge on any atom is -0.396 e. The quantitative estimate of drug-likeness (QED) is 0.843. The molecule has 1 aromatic heterocycles. The molecule has 0 aliphatic heterocycles. The third kappa shape index (κ3) is 4.06. The van der Waals surface area contributed by atoms with Crippen LogP contribution in [0.3, 0.4) is 0 Å². The molecular weight excluding hydrogens is 266 g/mol. The zero-order valence-corrected chi connectivity index (χ0v) is 13.1. The highest BCUT2D eigenvalue weighted by Crippen LogP contribution is 2.28. The summed E-state index contributed by atoms with van der Waals surface area (Å²) in [5.74, 6) is 0.445. The fourth-order valence-corrected chi connectivity index (χ4v) is 3.33. The van der Waals surface area contributed by atoms with Crippen LogP contribution in [0.15, 0.2) is 6.20 Å². The van der Waals surface area contributed by atoms with E-state index in [1.165, 1.54) is 19.3 Å². The summed E-state index contributed by atoms with van der Waals surface area (Å²) in [6.07, 6.45) is 9.22. The lowest BCUT2D eigenvalue weighted by atomic mass is 9.82. The Balaban J connectivity index is 2.06. The van der Waals surface area contributed by atoms with Crippen molar-refractivity contribution in [1.82, 2.24) is 15.1 Å². The van der Waals surface area contributed by atoms with Gasteiger partial charge in [0, 0.05) is 25.9 Å². The van der Waals surface area contributed by atoms with Gasteiger partial charge < -0.3 is 10.4 Å². The predicted octanol–water partition coefficient (Wildman–Crippen LogP) is 2.04. The Bertz CT molecular complexity index is 464. The van der Waals surface area contributed by atoms with Crippen LogP contribution in [0.4, 0.5) is 0 Å². The number of aromatic nitrogens is 2. The summed E-state index contributed by atoms with van der Waals surface area (Å²) >= 11 is 0. The van der Waals surface area contributed by atoms with Crippen LogP contribution >= 0.6 is 0 Å². The van der Waals surface area contributed by atoms with E-state index in [4.69, 9.17) is 0 Å². The number of carbonyl (C=O) groups is 1. The van der Waals surface area contributed by atoms with Gasteiger partial charge in [-0.3, -0.25) is 9.48 Å². The highest BCUT2D eigenvalue weighted by atomic mass is 16.3. The summed E-state index contributed by atoms with van der Waals surface area (Å²) in [6, 6.07) is 0.0766. The molecule has 21 heavy (non-hydrogen) atoms. The normalized spacial score (nSPS) is 17.7. The summed E-state index contributed by atoms with van der Waals surface area (Å²) < 4.78 is 1.69. The lowest BCUT2D eigenvalue weighted by Crippen LogP contribution is -2.42. The number of hydrogen-bond donors (Lipinski definition) is 2. The molecule has 1 fully saturated rings. The maximum atomic E-state index is 12.5. The van der Waals surface area contributed by atoms with E-state index >= 15 is 0 Å². The maximum absolute atomic E-state index is 12.5. The van der Waals surface area contributed by atoms with Gasteiger partial charge in [-0.05, 0) is 31.6 Å². The second-order valence-corrected chi connectivity index (χ2v) is 6.01. The van der Waals surface area contributed by atoms with Gasteiger partial charge >= 0.3 is 0 Å². The summed E-state index contributed by atoms with van der Waals surface area (Å²) in [5, 5.41) is 16.8. The van der Waals surface area contributed by atoms with Crippen molar-refractivity contribution in [3.8, 4) is 0 Å². The molecule has 2 rings (SSSR count). The van der Waals surface area contributed by atoms with Crippen LogP contribution in [0.5, 0.6) is 0 Å². The van der Waals surface area contributed by atoms with E-state index in [-0.39, 0.29) is 18.6 Å². The number of rotatable bonds is 6. The fraction of sp³-hybridized carbons (Fsp3) is 0.750. The fourth-order valence-electron chi connectivity index (χ4n) is 3.33. The van der Waals surface area contributed by atoms with E-state index in [1.54, 1.807) is 10.9 Å². The zero-order chi connectivity index (χ0) is 15.2. The van der Waals surface area contributed by atoms with Gasteiger partial charge in [0.2, 0.25) is 0 Å². The van der Waals surface area contributed by atoms with Gasteiger partial charge in [-0.25, -0.2) is 0 Å². The number of nitrogens with zero attached hydrogens (tertiary/aromatic N) is 2. The number of aliphatic hydroxyl groups excluding tert-OH is 1. The Morgan fingerprint density at radius 1 is 1.48 bits per heavy atom. The number of hydrogen-bond acceptors (Lipinski definition) is 3. The molecule has 0 saturated heterocycles. The summed E-state index contributed by atoms with van der Waals surface area (Å²) in [7, 11) is 1.84. The van der Waals surface area contributed by atoms with Crippen LogP contribution < -0.4 is 5.32 Å². The van der Waals surface area contributed by atoms with E-state index in [0.717, 1.165) is 25.0 Å². The third-order valence-electron chi connectivity index (χ3n) is 4.46. The van der Waals surface area contributed by atoms with Crippen molar-refractivity contribution in [2.45, 2.75) is 57.9 Å². The van der Waals surface area contributed by atoms with Crippen LogP contribution in [-0.4, -0.2) is 33.4 Å². The van der Waals surface area contributed by atoms with Crippen molar-refractivity contribution < 1.29 is 9.90 Å². The van der Waals surface area contributed by atoms with Crippen molar-refractivity contribution in [2.24, 2.45) is 13.0 Å². The van der Waals surface area contributed by atoms with Gasteiger partial charge in [-0.15, -0.1) is 0 Å². The van der Waals surface area contributed by atoms with E-state index in [2.05, 4.69) is 10.4 Å². The van der Waals surface area contributed by atoms with Crippen molar-refractivity contribution in [2.75, 3.05) is 6.61 Å². The van der Waals surface area contributed by atoms with Gasteiger partial charge in [0.15, 0.2) is 0 Å². The van der Waals surface area contributed by atoms with Gasteiger partial charge in [-0.2, -0.15) is 5.10 Å². The maximum Gasteiger partial charge on any atom is 0.254 e. The lowest BCUT2D eigenvalue weighted by molar-refractivity contribution is 0.0898. The molecule has 0 spiro atoms. The van der Waals surface area contributed by atoms with Crippen molar-refractivity contribution in [3.05, 3.63) is 17.5 Å². The van der Waals surface area contributed by atoms with E-state index in [9.17, 15) is 9.90 Å². The van der Waals surface area contributed by atoms with Gasteiger partial charge in [0.25, 0.3) is 5.91 Å². The lowest BCUT2D eigenvalue weighted by Gasteiger charge is -2.30. The molecule has 1 unspecified atom stereocenters. The molecule has 0 aromatic carbocycles. The van der Waals surface area contributed by atoms with Crippen LogP contribution in [-0.2, 0) is 13.5 Å². The van der Waals surface area contributed by atoms with Crippen molar-refractivity contribution in [3.63, 3.8) is 0 Å². The number of carbonyl (C=O) groups excluding carboxylic acids is 1. The first-order valence-corrected chi connectivity index (χ1v) is 8.10. The average molecular weight is 293 g/mol. The highest BCUT2D eigenvalue weighted by molar-refractivity contribution is 5.95. The molecule has 1 aliphatic rings. The standard InChI is InChI=1S/C16H27N3O2/c1-3-14-13(11-19(2)18-14)16(21)17-15(9-10-20)12-7-5-4-6-8-12/h11-12,15,20H,3-10H2,1-2H3,(H,17,21). The smallest absolute Gasteiger partial charge is 0.254 e. The Labute approximate surface area is 126 Å². The topological polar surface area (TPSA) is 67.2 Å². The summed E-state index contributed by atoms with van der Waals surface area (Å²) in [6.45, 7) is 2.13. The first-order chi connectivity index (χ1) is 10.2. The summed E-state index contributed by atoms with van der Waals surface area (Å²) in [4.78, 5) is 12.5. The molecule has 0 radical (unpaired) electrons. The molecule has 1 heterocycles. The molecule has 1 aromatic rings. The highest BCUT2D eigenvalue weighted by Gasteiger charge is 2.26. The minimum atomic E-state index is -0.0519. The molecule has 1 aliphatic carbocycles. The number of amides is 1. The Kier molecular flexibility index (Phi) is 5.79. The largest absolute Gasteiger partial charge is 0.396 e. The molecule has 0 bridgehead atoms. The van der Waals surface area contributed by atoms with Gasteiger partial charge in [-0.1, -0.05) is 26.2 Å². The average Bonchev–Trinajstić information content (AvgIpc) is 2.89. The monoisotopic (exact) mass is 293 g/mol. The Hall–Kier alpha value is -1.36. The Morgan fingerprint density at radius 2 is 2.19 bits per heavy atom. The van der Waals surface area contributed by atoms with E-state index in [0.29, 0.717) is 17.9 Å². The zero-order valence-electron chi connectivity index (χ0n) is 13.1. The second-order valence-electron chi connectivity index (χ2n) is 6.01. The first kappa shape index (κ1) is 16.0. The van der Waals surface area contributed by atoms with Crippen LogP contribution in [0.25, 0.3) is 0 Å². The van der Waals surface area contributed by atoms with Crippen LogP contribution in [0.2, 0.25) is 0 Å². The predicted molar refractivity (Wildman–Crippen MR) is 82.1 cm³/mol. The van der Waals surface area contributed by atoms with Gasteiger partial charge in [0.1, 0.15) is 0 Å². The first-order valence-electron chi connectivity index (χ1n) is 8.10. The molecule has 5 heteroatoms. The summed E-state index contributed by atoms with van der Waals surface area (Å²) in [5.41, 5.74) is 1.50. The third-order valence-corrected chi connectivity index (χ3v) is 4.46. The molecule has 118 valence electrons. The second kappa shape index (κ2) is 7.59. The number of aryl methyl sites for hydroxylation is 2.